The second-order valence-corrected chi connectivity index (χ2v) is 7.55. The Morgan fingerprint density at radius 3 is 2.44 bits per heavy atom. The van der Waals surface area contributed by atoms with Crippen LogP contribution >= 0.6 is 11.3 Å². The number of hydrogen-bond acceptors (Lipinski definition) is 4. The summed E-state index contributed by atoms with van der Waals surface area (Å²) in [6, 6.07) is 12.5. The Morgan fingerprint density at radius 1 is 1.11 bits per heavy atom. The summed E-state index contributed by atoms with van der Waals surface area (Å²) in [5.74, 6) is -1.71. The lowest BCUT2D eigenvalue weighted by Crippen LogP contribution is -2.50. The molecule has 0 aliphatic heterocycles. The van der Waals surface area contributed by atoms with Crippen LogP contribution in [0.5, 0.6) is 0 Å². The molecule has 2 amide bonds. The van der Waals surface area contributed by atoms with Crippen LogP contribution in [0.3, 0.4) is 0 Å². The van der Waals surface area contributed by atoms with Crippen LogP contribution in [0.2, 0.25) is 0 Å². The SMILES string of the molecule is CC(C)C(NC(=O)c1ccccc1F)C(=O)N(C)c1nc2ccccc2s1. The van der Waals surface area contributed by atoms with Gasteiger partial charge in [0.05, 0.1) is 15.8 Å². The quantitative estimate of drug-likeness (QED) is 0.726. The van der Waals surface area contributed by atoms with Gasteiger partial charge in [-0.25, -0.2) is 9.37 Å². The van der Waals surface area contributed by atoms with Crippen LogP contribution in [-0.2, 0) is 4.79 Å². The van der Waals surface area contributed by atoms with Crippen molar-refractivity contribution in [2.75, 3.05) is 11.9 Å². The number of carbonyl (C=O) groups is 2. The summed E-state index contributed by atoms with van der Waals surface area (Å²) in [6.45, 7) is 3.66. The maximum Gasteiger partial charge on any atom is 0.254 e. The van der Waals surface area contributed by atoms with Crippen LogP contribution in [0.1, 0.15) is 24.2 Å². The summed E-state index contributed by atoms with van der Waals surface area (Å²) in [5, 5.41) is 3.21. The number of likely N-dealkylation sites (N-methyl/N-ethyl adjacent to an activating group) is 1. The van der Waals surface area contributed by atoms with Gasteiger partial charge in [0.15, 0.2) is 5.13 Å². The number of amides is 2. The maximum atomic E-state index is 13.9. The molecule has 1 unspecified atom stereocenters. The van der Waals surface area contributed by atoms with E-state index in [2.05, 4.69) is 10.3 Å². The van der Waals surface area contributed by atoms with Crippen molar-refractivity contribution in [1.82, 2.24) is 10.3 Å². The van der Waals surface area contributed by atoms with Gasteiger partial charge in [0.25, 0.3) is 11.8 Å². The van der Waals surface area contributed by atoms with E-state index >= 15 is 0 Å². The fraction of sp³-hybridized carbons (Fsp3) is 0.250. The molecule has 0 saturated carbocycles. The third-order valence-electron chi connectivity index (χ3n) is 4.24. The van der Waals surface area contributed by atoms with Crippen LogP contribution in [0, 0.1) is 11.7 Å². The first-order valence-electron chi connectivity index (χ1n) is 8.57. The van der Waals surface area contributed by atoms with Crippen molar-refractivity contribution in [2.24, 2.45) is 5.92 Å². The first-order valence-corrected chi connectivity index (χ1v) is 9.38. The van der Waals surface area contributed by atoms with Crippen LogP contribution in [0.25, 0.3) is 10.2 Å². The van der Waals surface area contributed by atoms with E-state index in [0.29, 0.717) is 5.13 Å². The number of para-hydroxylation sites is 1. The third kappa shape index (κ3) is 3.98. The van der Waals surface area contributed by atoms with Crippen molar-refractivity contribution in [1.29, 1.82) is 0 Å². The Kier molecular flexibility index (Phi) is 5.51. The lowest BCUT2D eigenvalue weighted by molar-refractivity contribution is -0.121. The zero-order chi connectivity index (χ0) is 19.6. The topological polar surface area (TPSA) is 62.3 Å². The fourth-order valence-corrected chi connectivity index (χ4v) is 3.62. The van der Waals surface area contributed by atoms with Crippen molar-refractivity contribution < 1.29 is 14.0 Å². The summed E-state index contributed by atoms with van der Waals surface area (Å²) >= 11 is 1.40. The maximum absolute atomic E-state index is 13.9. The number of thiazole rings is 1. The number of nitrogens with zero attached hydrogens (tertiary/aromatic N) is 2. The molecule has 0 aliphatic rings. The largest absolute Gasteiger partial charge is 0.340 e. The van der Waals surface area contributed by atoms with Crippen molar-refractivity contribution in [3.05, 3.63) is 59.9 Å². The number of halogens is 1. The van der Waals surface area contributed by atoms with Gasteiger partial charge in [-0.15, -0.1) is 0 Å². The lowest BCUT2D eigenvalue weighted by atomic mass is 10.0. The molecule has 5 nitrogen and oxygen atoms in total. The molecule has 1 atom stereocenters. The van der Waals surface area contributed by atoms with E-state index in [-0.39, 0.29) is 17.4 Å². The van der Waals surface area contributed by atoms with E-state index in [1.165, 1.54) is 34.4 Å². The molecule has 0 fully saturated rings. The molecule has 7 heteroatoms. The summed E-state index contributed by atoms with van der Waals surface area (Å²) < 4.78 is 14.8. The van der Waals surface area contributed by atoms with Crippen LogP contribution in [0.15, 0.2) is 48.5 Å². The van der Waals surface area contributed by atoms with Gasteiger partial charge in [-0.05, 0) is 30.2 Å². The normalized spacial score (nSPS) is 12.2. The molecule has 1 N–H and O–H groups in total. The molecule has 0 aliphatic carbocycles. The number of fused-ring (bicyclic) bond motifs is 1. The Labute approximate surface area is 160 Å². The molecule has 1 aromatic heterocycles. The molecule has 1 heterocycles. The summed E-state index contributed by atoms with van der Waals surface area (Å²) in [7, 11) is 1.63. The molecule has 0 radical (unpaired) electrons. The molecule has 3 aromatic rings. The van der Waals surface area contributed by atoms with Gasteiger partial charge in [-0.1, -0.05) is 49.4 Å². The van der Waals surface area contributed by atoms with Gasteiger partial charge in [-0.2, -0.15) is 0 Å². The van der Waals surface area contributed by atoms with Crippen LogP contribution in [0.4, 0.5) is 9.52 Å². The van der Waals surface area contributed by atoms with E-state index in [4.69, 9.17) is 0 Å². The van der Waals surface area contributed by atoms with Gasteiger partial charge in [0.1, 0.15) is 11.9 Å². The van der Waals surface area contributed by atoms with Crippen molar-refractivity contribution in [3.8, 4) is 0 Å². The highest BCUT2D eigenvalue weighted by atomic mass is 32.1. The number of aromatic nitrogens is 1. The van der Waals surface area contributed by atoms with Crippen molar-refractivity contribution in [3.63, 3.8) is 0 Å². The number of nitrogens with one attached hydrogen (secondary N) is 1. The lowest BCUT2D eigenvalue weighted by Gasteiger charge is -2.25. The second-order valence-electron chi connectivity index (χ2n) is 6.54. The van der Waals surface area contributed by atoms with Crippen molar-refractivity contribution >= 4 is 38.5 Å². The molecule has 0 saturated heterocycles. The molecule has 0 bridgehead atoms. The first-order chi connectivity index (χ1) is 12.9. The minimum absolute atomic E-state index is 0.0846. The second kappa shape index (κ2) is 7.84. The van der Waals surface area contributed by atoms with E-state index in [1.807, 2.05) is 38.1 Å². The summed E-state index contributed by atoms with van der Waals surface area (Å²) in [6.07, 6.45) is 0. The standard InChI is InChI=1S/C20H20FN3O2S/c1-12(2)17(23-18(25)13-8-4-5-9-14(13)21)19(26)24(3)20-22-15-10-6-7-11-16(15)27-20/h4-12,17H,1-3H3,(H,23,25). The van der Waals surface area contributed by atoms with Gasteiger partial charge in [0.2, 0.25) is 0 Å². The minimum Gasteiger partial charge on any atom is -0.340 e. The van der Waals surface area contributed by atoms with E-state index in [0.717, 1.165) is 10.2 Å². The Hall–Kier alpha value is -2.80. The molecule has 27 heavy (non-hydrogen) atoms. The number of anilines is 1. The average Bonchev–Trinajstić information content (AvgIpc) is 3.09. The van der Waals surface area contributed by atoms with E-state index in [9.17, 15) is 14.0 Å². The average molecular weight is 385 g/mol. The highest BCUT2D eigenvalue weighted by Gasteiger charge is 2.29. The van der Waals surface area contributed by atoms with Gasteiger partial charge in [-0.3, -0.25) is 14.5 Å². The van der Waals surface area contributed by atoms with Crippen LogP contribution in [-0.4, -0.2) is 29.9 Å². The zero-order valence-corrected chi connectivity index (χ0v) is 16.1. The number of benzene rings is 2. The monoisotopic (exact) mass is 385 g/mol. The highest BCUT2D eigenvalue weighted by molar-refractivity contribution is 7.22. The molecular weight excluding hydrogens is 365 g/mol. The number of hydrogen-bond donors (Lipinski definition) is 1. The number of carbonyl (C=O) groups excluding carboxylic acids is 2. The van der Waals surface area contributed by atoms with E-state index in [1.54, 1.807) is 13.1 Å². The van der Waals surface area contributed by atoms with Crippen molar-refractivity contribution in [2.45, 2.75) is 19.9 Å². The molecule has 0 spiro atoms. The Bertz CT molecular complexity index is 953. The predicted octanol–water partition coefficient (Wildman–Crippen LogP) is 3.85. The highest BCUT2D eigenvalue weighted by Crippen LogP contribution is 2.28. The smallest absolute Gasteiger partial charge is 0.254 e. The molecule has 140 valence electrons. The van der Waals surface area contributed by atoms with E-state index < -0.39 is 17.8 Å². The fourth-order valence-electron chi connectivity index (χ4n) is 2.68. The van der Waals surface area contributed by atoms with Gasteiger partial charge in [0, 0.05) is 7.05 Å². The Balaban J connectivity index is 1.82. The first kappa shape index (κ1) is 19.0. The summed E-state index contributed by atoms with van der Waals surface area (Å²) in [5.41, 5.74) is 0.729. The Morgan fingerprint density at radius 2 is 1.78 bits per heavy atom. The van der Waals surface area contributed by atoms with Gasteiger partial charge < -0.3 is 5.32 Å². The predicted molar refractivity (Wildman–Crippen MR) is 106 cm³/mol. The summed E-state index contributed by atoms with van der Waals surface area (Å²) in [4.78, 5) is 31.4. The van der Waals surface area contributed by atoms with Crippen LogP contribution < -0.4 is 10.2 Å². The number of rotatable bonds is 5. The third-order valence-corrected chi connectivity index (χ3v) is 5.35. The van der Waals surface area contributed by atoms with Gasteiger partial charge >= 0.3 is 0 Å². The molecule has 2 aromatic carbocycles. The molecular formula is C20H20FN3O2S. The zero-order valence-electron chi connectivity index (χ0n) is 15.3. The molecule has 3 rings (SSSR count). The minimum atomic E-state index is -0.797.